The Bertz CT molecular complexity index is 349. The smallest absolute Gasteiger partial charge is 0.404 e. The number of carbonyl (C=O) groups is 1. The Kier molecular flexibility index (Phi) is 2.64. The van der Waals surface area contributed by atoms with E-state index in [1.165, 1.54) is 12.1 Å². The molecule has 0 aromatic heterocycles. The second kappa shape index (κ2) is 3.57. The number of halogens is 3. The molecule has 14 heavy (non-hydrogen) atoms. The minimum absolute atomic E-state index is 0.357. The van der Waals surface area contributed by atoms with Gasteiger partial charge in [0.1, 0.15) is 5.75 Å². The third-order valence-corrected chi connectivity index (χ3v) is 1.30. The standard InChI is InChI=1S/C8H5F3NO2/c9-8(10,11)14-6-4-2-1-3-5(6)7(12)13/h1-3H,(H2,12,13). The first-order valence-electron chi connectivity index (χ1n) is 3.46. The first kappa shape index (κ1) is 10.4. The van der Waals surface area contributed by atoms with Crippen molar-refractivity contribution in [3.8, 4) is 5.75 Å². The number of rotatable bonds is 2. The maximum Gasteiger partial charge on any atom is 0.573 e. The van der Waals surface area contributed by atoms with Gasteiger partial charge < -0.3 is 10.5 Å². The predicted molar refractivity (Wildman–Crippen MR) is 40.5 cm³/mol. The highest BCUT2D eigenvalue weighted by atomic mass is 19.4. The number of hydrogen-bond donors (Lipinski definition) is 1. The van der Waals surface area contributed by atoms with E-state index in [9.17, 15) is 18.0 Å². The maximum absolute atomic E-state index is 11.8. The third kappa shape index (κ3) is 2.65. The molecule has 0 saturated carbocycles. The van der Waals surface area contributed by atoms with E-state index >= 15 is 0 Å². The molecule has 0 saturated heterocycles. The Morgan fingerprint density at radius 2 is 2.14 bits per heavy atom. The molecule has 0 unspecified atom stereocenters. The molecule has 0 spiro atoms. The van der Waals surface area contributed by atoms with Crippen LogP contribution in [0.3, 0.4) is 0 Å². The zero-order valence-electron chi connectivity index (χ0n) is 6.76. The molecule has 6 heteroatoms. The van der Waals surface area contributed by atoms with E-state index in [4.69, 9.17) is 5.73 Å². The highest BCUT2D eigenvalue weighted by molar-refractivity contribution is 5.95. The third-order valence-electron chi connectivity index (χ3n) is 1.30. The van der Waals surface area contributed by atoms with Crippen LogP contribution in [0.5, 0.6) is 5.75 Å². The lowest BCUT2D eigenvalue weighted by atomic mass is 10.2. The van der Waals surface area contributed by atoms with Gasteiger partial charge in [0.2, 0.25) is 0 Å². The van der Waals surface area contributed by atoms with Crippen LogP contribution in [0.4, 0.5) is 13.2 Å². The summed E-state index contributed by atoms with van der Waals surface area (Å²) in [6, 6.07) is 5.78. The molecule has 0 fully saturated rings. The van der Waals surface area contributed by atoms with Crippen molar-refractivity contribution in [2.75, 3.05) is 0 Å². The van der Waals surface area contributed by atoms with Crippen molar-refractivity contribution in [1.29, 1.82) is 0 Å². The van der Waals surface area contributed by atoms with Gasteiger partial charge in [0.05, 0.1) is 5.56 Å². The van der Waals surface area contributed by atoms with Crippen molar-refractivity contribution in [3.63, 3.8) is 0 Å². The fourth-order valence-corrected chi connectivity index (χ4v) is 0.816. The van der Waals surface area contributed by atoms with Crippen LogP contribution >= 0.6 is 0 Å². The number of nitrogens with two attached hydrogens (primary N) is 1. The topological polar surface area (TPSA) is 52.3 Å². The molecule has 2 N–H and O–H groups in total. The van der Waals surface area contributed by atoms with Gasteiger partial charge in [-0.05, 0) is 6.07 Å². The second-order valence-electron chi connectivity index (χ2n) is 2.32. The highest BCUT2D eigenvalue weighted by Gasteiger charge is 2.32. The summed E-state index contributed by atoms with van der Waals surface area (Å²) in [5, 5.41) is 0. The van der Waals surface area contributed by atoms with Crippen molar-refractivity contribution in [3.05, 3.63) is 29.8 Å². The Labute approximate surface area is 77.3 Å². The summed E-state index contributed by atoms with van der Waals surface area (Å²) in [4.78, 5) is 10.7. The Balaban J connectivity index is 3.02. The molecule has 1 rings (SSSR count). The minimum atomic E-state index is -4.86. The number of ether oxygens (including phenoxy) is 1. The summed E-state index contributed by atoms with van der Waals surface area (Å²) in [6.07, 6.45) is -4.86. The molecule has 0 aliphatic heterocycles. The van der Waals surface area contributed by atoms with E-state index in [0.29, 0.717) is 0 Å². The fourth-order valence-electron chi connectivity index (χ4n) is 0.816. The zero-order chi connectivity index (χ0) is 10.8. The SMILES string of the molecule is NC(=O)c1ccc[c]c1OC(F)(F)F. The summed E-state index contributed by atoms with van der Waals surface area (Å²) in [6.45, 7) is 0. The van der Waals surface area contributed by atoms with E-state index in [-0.39, 0.29) is 5.56 Å². The van der Waals surface area contributed by atoms with Gasteiger partial charge in [-0.15, -0.1) is 13.2 Å². The first-order valence-corrected chi connectivity index (χ1v) is 3.46. The van der Waals surface area contributed by atoms with Crippen molar-refractivity contribution >= 4 is 5.91 Å². The summed E-state index contributed by atoms with van der Waals surface area (Å²) >= 11 is 0. The summed E-state index contributed by atoms with van der Waals surface area (Å²) < 4.78 is 38.9. The lowest BCUT2D eigenvalue weighted by molar-refractivity contribution is -0.274. The first-order chi connectivity index (χ1) is 6.40. The van der Waals surface area contributed by atoms with Crippen LogP contribution in [0, 0.1) is 6.07 Å². The molecule has 0 heterocycles. The molecule has 0 aliphatic carbocycles. The quantitative estimate of drug-likeness (QED) is 0.793. The molecular weight excluding hydrogens is 199 g/mol. The molecule has 1 aromatic carbocycles. The van der Waals surface area contributed by atoms with Gasteiger partial charge in [0.15, 0.2) is 0 Å². The Morgan fingerprint density at radius 3 is 2.64 bits per heavy atom. The van der Waals surface area contributed by atoms with Crippen LogP contribution in [0.1, 0.15) is 10.4 Å². The van der Waals surface area contributed by atoms with Crippen molar-refractivity contribution in [2.45, 2.75) is 6.36 Å². The van der Waals surface area contributed by atoms with Gasteiger partial charge >= 0.3 is 6.36 Å². The average molecular weight is 204 g/mol. The molecule has 1 aromatic rings. The number of hydrogen-bond acceptors (Lipinski definition) is 2. The Hall–Kier alpha value is -1.72. The van der Waals surface area contributed by atoms with Gasteiger partial charge in [-0.1, -0.05) is 12.1 Å². The highest BCUT2D eigenvalue weighted by Crippen LogP contribution is 2.25. The number of amides is 1. The van der Waals surface area contributed by atoms with Crippen LogP contribution in [-0.4, -0.2) is 12.3 Å². The van der Waals surface area contributed by atoms with Crippen LogP contribution in [0.25, 0.3) is 0 Å². The molecule has 1 radical (unpaired) electrons. The molecular formula is C8H5F3NO2. The van der Waals surface area contributed by atoms with Gasteiger partial charge in [0, 0.05) is 6.07 Å². The molecule has 75 valence electrons. The number of benzene rings is 1. The van der Waals surface area contributed by atoms with E-state index in [2.05, 4.69) is 10.8 Å². The molecule has 1 amide bonds. The number of alkyl halides is 3. The van der Waals surface area contributed by atoms with E-state index in [0.717, 1.165) is 6.07 Å². The van der Waals surface area contributed by atoms with E-state index in [1.54, 1.807) is 0 Å². The van der Waals surface area contributed by atoms with Crippen LogP contribution in [0.15, 0.2) is 18.2 Å². The lowest BCUT2D eigenvalue weighted by Gasteiger charge is -2.10. The minimum Gasteiger partial charge on any atom is -0.404 e. The summed E-state index contributed by atoms with van der Waals surface area (Å²) in [7, 11) is 0. The van der Waals surface area contributed by atoms with Gasteiger partial charge in [-0.2, -0.15) is 0 Å². The van der Waals surface area contributed by atoms with Crippen molar-refractivity contribution < 1.29 is 22.7 Å². The molecule has 3 nitrogen and oxygen atoms in total. The predicted octanol–water partition coefficient (Wildman–Crippen LogP) is 1.48. The Morgan fingerprint density at radius 1 is 1.50 bits per heavy atom. The summed E-state index contributed by atoms with van der Waals surface area (Å²) in [5.74, 6) is -1.71. The average Bonchev–Trinajstić information content (AvgIpc) is 2.01. The second-order valence-corrected chi connectivity index (χ2v) is 2.32. The molecule has 0 atom stereocenters. The normalized spacial score (nSPS) is 11.1. The lowest BCUT2D eigenvalue weighted by Crippen LogP contribution is -2.20. The zero-order valence-corrected chi connectivity index (χ0v) is 6.76. The molecule has 0 aliphatic rings. The fraction of sp³-hybridized carbons (Fsp3) is 0.125. The number of primary amides is 1. The van der Waals surface area contributed by atoms with Gasteiger partial charge in [0.25, 0.3) is 5.91 Å². The van der Waals surface area contributed by atoms with Gasteiger partial charge in [-0.3, -0.25) is 4.79 Å². The van der Waals surface area contributed by atoms with Crippen LogP contribution < -0.4 is 10.5 Å². The molecule has 0 bridgehead atoms. The van der Waals surface area contributed by atoms with E-state index in [1.807, 2.05) is 0 Å². The maximum atomic E-state index is 11.8. The van der Waals surface area contributed by atoms with Crippen molar-refractivity contribution in [1.82, 2.24) is 0 Å². The largest absolute Gasteiger partial charge is 0.573 e. The number of carbonyl (C=O) groups excluding carboxylic acids is 1. The van der Waals surface area contributed by atoms with Crippen LogP contribution in [-0.2, 0) is 0 Å². The monoisotopic (exact) mass is 204 g/mol. The number of para-hydroxylation sites is 1. The van der Waals surface area contributed by atoms with Crippen molar-refractivity contribution in [2.24, 2.45) is 5.73 Å². The van der Waals surface area contributed by atoms with Crippen LogP contribution in [0.2, 0.25) is 0 Å². The van der Waals surface area contributed by atoms with Gasteiger partial charge in [-0.25, -0.2) is 0 Å². The van der Waals surface area contributed by atoms with E-state index < -0.39 is 18.0 Å². The summed E-state index contributed by atoms with van der Waals surface area (Å²) in [5.41, 5.74) is 4.47.